The van der Waals surface area contributed by atoms with Crippen LogP contribution >= 0.6 is 11.6 Å². The lowest BCUT2D eigenvalue weighted by molar-refractivity contribution is 0.102. The van der Waals surface area contributed by atoms with Crippen LogP contribution in [0.5, 0.6) is 0 Å². The Morgan fingerprint density at radius 2 is 1.79 bits per heavy atom. The Morgan fingerprint density at radius 1 is 1.17 bits per heavy atom. The van der Waals surface area contributed by atoms with Gasteiger partial charge < -0.3 is 5.32 Å². The first-order valence-electron chi connectivity index (χ1n) is 7.41. The predicted molar refractivity (Wildman–Crippen MR) is 93.7 cm³/mol. The minimum Gasteiger partial charge on any atom is -0.322 e. The van der Waals surface area contributed by atoms with Gasteiger partial charge in [0.2, 0.25) is 10.0 Å². The zero-order chi connectivity index (χ0) is 17.7. The summed E-state index contributed by atoms with van der Waals surface area (Å²) in [6, 6.07) is 9.05. The molecule has 0 fully saturated rings. The molecule has 0 saturated carbocycles. The molecule has 1 aromatic heterocycles. The number of carbonyl (C=O) groups is 1. The normalized spacial score (nSPS) is 11.5. The average Bonchev–Trinajstić information content (AvgIpc) is 2.56. The highest BCUT2D eigenvalue weighted by atomic mass is 35.5. The SMILES string of the molecule is CCN(CC)S(=O)(=O)c1ccc(NC(=O)c2ccnc(Cl)c2)cc1. The highest BCUT2D eigenvalue weighted by Crippen LogP contribution is 2.19. The Morgan fingerprint density at radius 3 is 2.33 bits per heavy atom. The highest BCUT2D eigenvalue weighted by molar-refractivity contribution is 7.89. The van der Waals surface area contributed by atoms with Crippen LogP contribution in [0.2, 0.25) is 5.15 Å². The van der Waals surface area contributed by atoms with Crippen LogP contribution in [0.4, 0.5) is 5.69 Å². The van der Waals surface area contributed by atoms with Crippen LogP contribution < -0.4 is 5.32 Å². The number of rotatable bonds is 6. The summed E-state index contributed by atoms with van der Waals surface area (Å²) in [6.07, 6.45) is 1.44. The third-order valence-corrected chi connectivity index (χ3v) is 5.71. The summed E-state index contributed by atoms with van der Waals surface area (Å²) in [5, 5.41) is 2.91. The molecule has 2 aromatic rings. The number of pyridine rings is 1. The largest absolute Gasteiger partial charge is 0.322 e. The molecule has 128 valence electrons. The Balaban J connectivity index is 2.17. The summed E-state index contributed by atoms with van der Waals surface area (Å²) in [5.74, 6) is -0.348. The fraction of sp³-hybridized carbons (Fsp3) is 0.250. The first kappa shape index (κ1) is 18.4. The zero-order valence-corrected chi connectivity index (χ0v) is 14.9. The molecule has 0 bridgehead atoms. The van der Waals surface area contributed by atoms with Crippen molar-refractivity contribution < 1.29 is 13.2 Å². The molecule has 0 atom stereocenters. The number of halogens is 1. The fourth-order valence-electron chi connectivity index (χ4n) is 2.17. The number of aromatic nitrogens is 1. The van der Waals surface area contributed by atoms with E-state index < -0.39 is 10.0 Å². The number of nitrogens with one attached hydrogen (secondary N) is 1. The summed E-state index contributed by atoms with van der Waals surface area (Å²) in [5.41, 5.74) is 0.862. The molecule has 0 aliphatic heterocycles. The van der Waals surface area contributed by atoms with Crippen LogP contribution in [0.3, 0.4) is 0 Å². The maximum absolute atomic E-state index is 12.4. The maximum Gasteiger partial charge on any atom is 0.255 e. The Bertz CT molecular complexity index is 819. The standard InChI is InChI=1S/C16H18ClN3O3S/c1-3-20(4-2)24(22,23)14-7-5-13(6-8-14)19-16(21)12-9-10-18-15(17)11-12/h5-11H,3-4H2,1-2H3,(H,19,21). The summed E-state index contributed by atoms with van der Waals surface area (Å²) >= 11 is 5.76. The molecule has 1 aromatic carbocycles. The second-order valence-electron chi connectivity index (χ2n) is 4.94. The van der Waals surface area contributed by atoms with Gasteiger partial charge in [0.25, 0.3) is 5.91 Å². The minimum atomic E-state index is -3.51. The molecule has 24 heavy (non-hydrogen) atoms. The van der Waals surface area contributed by atoms with E-state index in [4.69, 9.17) is 11.6 Å². The van der Waals surface area contributed by atoms with Gasteiger partial charge in [0.15, 0.2) is 0 Å². The average molecular weight is 368 g/mol. The number of amides is 1. The molecule has 0 saturated heterocycles. The van der Waals surface area contributed by atoms with E-state index in [0.29, 0.717) is 24.3 Å². The molecule has 0 aliphatic carbocycles. The number of benzene rings is 1. The minimum absolute atomic E-state index is 0.191. The Hall–Kier alpha value is -1.96. The molecule has 1 heterocycles. The number of anilines is 1. The second kappa shape index (κ2) is 7.74. The van der Waals surface area contributed by atoms with Crippen LogP contribution in [0.15, 0.2) is 47.5 Å². The van der Waals surface area contributed by atoms with Gasteiger partial charge in [0.05, 0.1) is 4.90 Å². The zero-order valence-electron chi connectivity index (χ0n) is 13.4. The van der Waals surface area contributed by atoms with Gasteiger partial charge in [-0.1, -0.05) is 25.4 Å². The molecule has 2 rings (SSSR count). The quantitative estimate of drug-likeness (QED) is 0.796. The van der Waals surface area contributed by atoms with E-state index >= 15 is 0 Å². The van der Waals surface area contributed by atoms with Crippen LogP contribution in [0.1, 0.15) is 24.2 Å². The first-order chi connectivity index (χ1) is 11.4. The van der Waals surface area contributed by atoms with Crippen molar-refractivity contribution in [2.45, 2.75) is 18.7 Å². The topological polar surface area (TPSA) is 79.4 Å². The van der Waals surface area contributed by atoms with Crippen molar-refractivity contribution in [3.63, 3.8) is 0 Å². The van der Waals surface area contributed by atoms with Crippen LogP contribution in [0, 0.1) is 0 Å². The highest BCUT2D eigenvalue weighted by Gasteiger charge is 2.21. The second-order valence-corrected chi connectivity index (χ2v) is 7.26. The van der Waals surface area contributed by atoms with E-state index in [-0.39, 0.29) is 16.0 Å². The lowest BCUT2D eigenvalue weighted by Gasteiger charge is -2.18. The van der Waals surface area contributed by atoms with Gasteiger partial charge in [-0.25, -0.2) is 13.4 Å². The summed E-state index contributed by atoms with van der Waals surface area (Å²) in [4.78, 5) is 16.1. The van der Waals surface area contributed by atoms with Crippen molar-refractivity contribution in [1.29, 1.82) is 0 Å². The number of sulfonamides is 1. The molecule has 0 spiro atoms. The summed E-state index contributed by atoms with van der Waals surface area (Å²) in [7, 11) is -3.51. The van der Waals surface area contributed by atoms with Gasteiger partial charge in [-0.05, 0) is 36.4 Å². The van der Waals surface area contributed by atoms with Crippen molar-refractivity contribution >= 4 is 33.2 Å². The molecular weight excluding hydrogens is 350 g/mol. The lowest BCUT2D eigenvalue weighted by atomic mass is 10.2. The lowest BCUT2D eigenvalue weighted by Crippen LogP contribution is -2.30. The monoisotopic (exact) mass is 367 g/mol. The number of hydrogen-bond acceptors (Lipinski definition) is 4. The number of carbonyl (C=O) groups excluding carboxylic acids is 1. The molecular formula is C16H18ClN3O3S. The molecule has 0 aliphatic rings. The van der Waals surface area contributed by atoms with Crippen LogP contribution in [-0.2, 0) is 10.0 Å². The predicted octanol–water partition coefficient (Wildman–Crippen LogP) is 3.02. The molecule has 1 amide bonds. The van der Waals surface area contributed by atoms with Crippen molar-refractivity contribution in [1.82, 2.24) is 9.29 Å². The Labute approximate surface area is 146 Å². The molecule has 0 radical (unpaired) electrons. The number of nitrogens with zero attached hydrogens (tertiary/aromatic N) is 2. The van der Waals surface area contributed by atoms with Crippen molar-refractivity contribution in [2.24, 2.45) is 0 Å². The van der Waals surface area contributed by atoms with Gasteiger partial charge in [-0.15, -0.1) is 0 Å². The smallest absolute Gasteiger partial charge is 0.255 e. The number of hydrogen-bond donors (Lipinski definition) is 1. The maximum atomic E-state index is 12.4. The third-order valence-electron chi connectivity index (χ3n) is 3.44. The fourth-order valence-corrected chi connectivity index (χ4v) is 3.80. The van der Waals surface area contributed by atoms with E-state index in [2.05, 4.69) is 10.3 Å². The van der Waals surface area contributed by atoms with Crippen molar-refractivity contribution in [2.75, 3.05) is 18.4 Å². The molecule has 6 nitrogen and oxygen atoms in total. The first-order valence-corrected chi connectivity index (χ1v) is 9.23. The van der Waals surface area contributed by atoms with E-state index in [1.807, 2.05) is 0 Å². The van der Waals surface area contributed by atoms with Gasteiger partial charge in [0.1, 0.15) is 5.15 Å². The van der Waals surface area contributed by atoms with Crippen LogP contribution in [-0.4, -0.2) is 36.7 Å². The molecule has 8 heteroatoms. The van der Waals surface area contributed by atoms with Gasteiger partial charge in [-0.2, -0.15) is 4.31 Å². The van der Waals surface area contributed by atoms with Gasteiger partial charge in [0, 0.05) is 30.5 Å². The van der Waals surface area contributed by atoms with E-state index in [9.17, 15) is 13.2 Å². The molecule has 1 N–H and O–H groups in total. The van der Waals surface area contributed by atoms with Crippen LogP contribution in [0.25, 0.3) is 0 Å². The van der Waals surface area contributed by atoms with E-state index in [0.717, 1.165) is 0 Å². The van der Waals surface area contributed by atoms with E-state index in [1.54, 1.807) is 32.0 Å². The van der Waals surface area contributed by atoms with Crippen molar-refractivity contribution in [3.8, 4) is 0 Å². The van der Waals surface area contributed by atoms with Gasteiger partial charge in [-0.3, -0.25) is 4.79 Å². The van der Waals surface area contributed by atoms with E-state index in [1.165, 1.54) is 28.7 Å². The molecule has 0 unspecified atom stereocenters. The summed E-state index contributed by atoms with van der Waals surface area (Å²) in [6.45, 7) is 4.38. The Kier molecular flexibility index (Phi) is 5.93. The third kappa shape index (κ3) is 4.11. The van der Waals surface area contributed by atoms with Gasteiger partial charge >= 0.3 is 0 Å². The van der Waals surface area contributed by atoms with Crippen molar-refractivity contribution in [3.05, 3.63) is 53.3 Å². The summed E-state index contributed by atoms with van der Waals surface area (Å²) < 4.78 is 26.2.